The van der Waals surface area contributed by atoms with E-state index in [4.69, 9.17) is 16.7 Å². The topological polar surface area (TPSA) is 85.8 Å². The summed E-state index contributed by atoms with van der Waals surface area (Å²) in [4.78, 5) is 30.9. The van der Waals surface area contributed by atoms with Crippen LogP contribution < -0.4 is 5.32 Å². The van der Waals surface area contributed by atoms with Crippen LogP contribution in [0.2, 0.25) is 5.02 Å². The van der Waals surface area contributed by atoms with Crippen molar-refractivity contribution in [3.63, 3.8) is 0 Å². The zero-order chi connectivity index (χ0) is 18.8. The maximum Gasteiger partial charge on any atom is 0.317 e. The van der Waals surface area contributed by atoms with Gasteiger partial charge in [0.1, 0.15) is 5.82 Å². The molecule has 2 saturated carbocycles. The van der Waals surface area contributed by atoms with Crippen molar-refractivity contribution >= 4 is 29.3 Å². The molecule has 0 aliphatic heterocycles. The van der Waals surface area contributed by atoms with Crippen molar-refractivity contribution in [3.05, 3.63) is 22.8 Å². The highest BCUT2D eigenvalue weighted by atomic mass is 35.5. The number of rotatable bonds is 8. The molecule has 1 aromatic heterocycles. The molecule has 142 valence electrons. The molecule has 0 unspecified atom stereocenters. The second-order valence-electron chi connectivity index (χ2n) is 7.49. The molecule has 1 heterocycles. The standard InChI is InChI=1S/C18H25ClN4O3/c1-22(2)18(26)12-5-15(19)17(20-8-12)21-13-6-14(7-13)23(10-16(24)25)9-11-3-4-11/h5,8,11,13-14H,3-4,6-7,9-10H2,1-2H3,(H,20,21)(H,24,25). The van der Waals surface area contributed by atoms with E-state index >= 15 is 0 Å². The van der Waals surface area contributed by atoms with Gasteiger partial charge in [-0.05, 0) is 37.7 Å². The van der Waals surface area contributed by atoms with E-state index < -0.39 is 5.97 Å². The lowest BCUT2D eigenvalue weighted by atomic mass is 9.85. The second-order valence-corrected chi connectivity index (χ2v) is 7.89. The summed E-state index contributed by atoms with van der Waals surface area (Å²) < 4.78 is 0. The Labute approximate surface area is 158 Å². The van der Waals surface area contributed by atoms with Crippen LogP contribution in [0.3, 0.4) is 0 Å². The minimum atomic E-state index is -0.770. The molecular formula is C18H25ClN4O3. The molecule has 0 radical (unpaired) electrons. The summed E-state index contributed by atoms with van der Waals surface area (Å²) in [7, 11) is 3.36. The molecule has 2 fully saturated rings. The Morgan fingerprint density at radius 1 is 1.35 bits per heavy atom. The second kappa shape index (κ2) is 7.80. The first-order valence-corrected chi connectivity index (χ1v) is 9.31. The van der Waals surface area contributed by atoms with E-state index in [1.165, 1.54) is 23.9 Å². The van der Waals surface area contributed by atoms with Gasteiger partial charge in [0.15, 0.2) is 0 Å². The summed E-state index contributed by atoms with van der Waals surface area (Å²) >= 11 is 6.26. The van der Waals surface area contributed by atoms with E-state index in [0.29, 0.717) is 22.3 Å². The van der Waals surface area contributed by atoms with Gasteiger partial charge in [-0.15, -0.1) is 0 Å². The Hall–Kier alpha value is -1.86. The Kier molecular flexibility index (Phi) is 5.67. The van der Waals surface area contributed by atoms with Crippen LogP contribution >= 0.6 is 11.6 Å². The molecule has 1 aromatic rings. The van der Waals surface area contributed by atoms with Crippen molar-refractivity contribution < 1.29 is 14.7 Å². The maximum absolute atomic E-state index is 12.0. The third-order valence-electron chi connectivity index (χ3n) is 4.99. The average molecular weight is 381 g/mol. The summed E-state index contributed by atoms with van der Waals surface area (Å²) in [5.74, 6) is 0.323. The molecule has 2 aliphatic carbocycles. The van der Waals surface area contributed by atoms with Crippen LogP contribution in [0, 0.1) is 5.92 Å². The van der Waals surface area contributed by atoms with Crippen molar-refractivity contribution in [1.82, 2.24) is 14.8 Å². The minimum Gasteiger partial charge on any atom is -0.480 e. The van der Waals surface area contributed by atoms with Gasteiger partial charge in [0.25, 0.3) is 5.91 Å². The maximum atomic E-state index is 12.0. The van der Waals surface area contributed by atoms with Crippen molar-refractivity contribution in [3.8, 4) is 0 Å². The van der Waals surface area contributed by atoms with Crippen LogP contribution in [0.15, 0.2) is 12.3 Å². The molecule has 0 bridgehead atoms. The number of nitrogens with zero attached hydrogens (tertiary/aromatic N) is 3. The first-order valence-electron chi connectivity index (χ1n) is 8.93. The summed E-state index contributed by atoms with van der Waals surface area (Å²) in [5, 5.41) is 12.8. The average Bonchev–Trinajstić information content (AvgIpc) is 3.33. The number of amides is 1. The SMILES string of the molecule is CN(C)C(=O)c1cnc(NC2CC(N(CC(=O)O)CC3CC3)C2)c(Cl)c1. The molecule has 2 N–H and O–H groups in total. The number of hydrogen-bond donors (Lipinski definition) is 2. The molecule has 0 saturated heterocycles. The van der Waals surface area contributed by atoms with Gasteiger partial charge in [0.2, 0.25) is 0 Å². The summed E-state index contributed by atoms with van der Waals surface area (Å²) in [5.41, 5.74) is 0.453. The monoisotopic (exact) mass is 380 g/mol. The number of halogens is 1. The predicted octanol–water partition coefficient (Wildman–Crippen LogP) is 2.18. The molecular weight excluding hydrogens is 356 g/mol. The third-order valence-corrected chi connectivity index (χ3v) is 5.28. The number of carbonyl (C=O) groups excluding carboxylic acids is 1. The first-order chi connectivity index (χ1) is 12.3. The predicted molar refractivity (Wildman–Crippen MR) is 99.6 cm³/mol. The normalized spacial score (nSPS) is 22.0. The van der Waals surface area contributed by atoms with E-state index in [9.17, 15) is 9.59 Å². The fraction of sp³-hybridized carbons (Fsp3) is 0.611. The van der Waals surface area contributed by atoms with Crippen molar-refractivity contribution in [1.29, 1.82) is 0 Å². The zero-order valence-corrected chi connectivity index (χ0v) is 15.9. The molecule has 7 nitrogen and oxygen atoms in total. The van der Waals surface area contributed by atoms with E-state index in [0.717, 1.165) is 19.4 Å². The van der Waals surface area contributed by atoms with Gasteiger partial charge >= 0.3 is 5.97 Å². The van der Waals surface area contributed by atoms with Gasteiger partial charge < -0.3 is 15.3 Å². The lowest BCUT2D eigenvalue weighted by Crippen LogP contribution is -2.52. The molecule has 3 rings (SSSR count). The largest absolute Gasteiger partial charge is 0.480 e. The van der Waals surface area contributed by atoms with Gasteiger partial charge in [0.05, 0.1) is 17.1 Å². The summed E-state index contributed by atoms with van der Waals surface area (Å²) in [6.07, 6.45) is 5.69. The smallest absolute Gasteiger partial charge is 0.317 e. The third kappa shape index (κ3) is 4.65. The van der Waals surface area contributed by atoms with Crippen LogP contribution in [-0.2, 0) is 4.79 Å². The molecule has 0 atom stereocenters. The number of hydrogen-bond acceptors (Lipinski definition) is 5. The first kappa shape index (κ1) is 18.9. The number of pyridine rings is 1. The van der Waals surface area contributed by atoms with Gasteiger partial charge in [-0.25, -0.2) is 4.98 Å². The van der Waals surface area contributed by atoms with Crippen LogP contribution in [0.1, 0.15) is 36.0 Å². The summed E-state index contributed by atoms with van der Waals surface area (Å²) in [6.45, 7) is 0.984. The molecule has 0 aromatic carbocycles. The number of carboxylic acid groups (broad SMARTS) is 1. The zero-order valence-electron chi connectivity index (χ0n) is 15.1. The Morgan fingerprint density at radius 2 is 2.04 bits per heavy atom. The molecule has 8 heteroatoms. The number of aromatic nitrogens is 1. The van der Waals surface area contributed by atoms with Crippen molar-refractivity contribution in [2.24, 2.45) is 5.92 Å². The Balaban J connectivity index is 1.54. The van der Waals surface area contributed by atoms with Gasteiger partial charge in [-0.3, -0.25) is 14.5 Å². The molecule has 1 amide bonds. The highest BCUT2D eigenvalue weighted by Gasteiger charge is 2.37. The molecule has 0 spiro atoms. The number of anilines is 1. The number of carboxylic acids is 1. The van der Waals surface area contributed by atoms with Gasteiger partial charge in [-0.2, -0.15) is 0 Å². The molecule has 26 heavy (non-hydrogen) atoms. The molecule has 2 aliphatic rings. The van der Waals surface area contributed by atoms with Crippen LogP contribution in [-0.4, -0.2) is 71.0 Å². The van der Waals surface area contributed by atoms with Crippen LogP contribution in [0.4, 0.5) is 5.82 Å². The van der Waals surface area contributed by atoms with E-state index in [2.05, 4.69) is 15.2 Å². The van der Waals surface area contributed by atoms with Crippen molar-refractivity contribution in [2.45, 2.75) is 37.8 Å². The van der Waals surface area contributed by atoms with E-state index in [1.54, 1.807) is 20.2 Å². The highest BCUT2D eigenvalue weighted by Crippen LogP contribution is 2.35. The highest BCUT2D eigenvalue weighted by molar-refractivity contribution is 6.33. The fourth-order valence-electron chi connectivity index (χ4n) is 3.26. The van der Waals surface area contributed by atoms with Gasteiger partial charge in [0, 0.05) is 38.9 Å². The van der Waals surface area contributed by atoms with E-state index in [-0.39, 0.29) is 24.5 Å². The van der Waals surface area contributed by atoms with Gasteiger partial charge in [-0.1, -0.05) is 11.6 Å². The minimum absolute atomic E-state index is 0.105. The Morgan fingerprint density at radius 3 is 2.58 bits per heavy atom. The number of carbonyl (C=O) groups is 2. The quantitative estimate of drug-likeness (QED) is 0.719. The number of nitrogens with one attached hydrogen (secondary N) is 1. The fourth-order valence-corrected chi connectivity index (χ4v) is 3.49. The number of aliphatic carboxylic acids is 1. The lowest BCUT2D eigenvalue weighted by molar-refractivity contribution is -0.139. The van der Waals surface area contributed by atoms with Crippen molar-refractivity contribution in [2.75, 3.05) is 32.5 Å². The Bertz CT molecular complexity index is 687. The van der Waals surface area contributed by atoms with Crippen LogP contribution in [0.25, 0.3) is 0 Å². The van der Waals surface area contributed by atoms with Crippen LogP contribution in [0.5, 0.6) is 0 Å². The lowest BCUT2D eigenvalue weighted by Gasteiger charge is -2.43. The van der Waals surface area contributed by atoms with E-state index in [1.807, 2.05) is 0 Å². The summed E-state index contributed by atoms with van der Waals surface area (Å²) in [6, 6.07) is 2.13.